The van der Waals surface area contributed by atoms with E-state index in [1.165, 1.54) is 44.9 Å². The maximum atomic E-state index is 12.7. The van der Waals surface area contributed by atoms with Crippen molar-refractivity contribution in [2.24, 2.45) is 0 Å². The van der Waals surface area contributed by atoms with Gasteiger partial charge in [-0.3, -0.25) is 14.4 Å². The summed E-state index contributed by atoms with van der Waals surface area (Å²) >= 11 is 0. The molecular formula is C56H84O6. The summed E-state index contributed by atoms with van der Waals surface area (Å²) in [6.07, 6.45) is 70.1. The standard InChI is InChI=1S/C56H84O6/c1-4-7-10-13-16-19-21-23-25-27-28-29-31-32-34-37-40-43-46-49-55(58)61-52-53(51-60-54(57)48-45-42-39-36-18-15-12-9-6-3)62-56(59)50-47-44-41-38-35-33-30-26-24-22-20-17-14-11-8-5-2/h7,9-10,12-13,16,18-19,21,23,25-36,42,45,53H,4-6,8,11,14-15,17,20,22,24,37-41,43-44,46-52H2,1-3H3/b10-7-,12-9-,16-13-,21-19-,25-23-,28-27+,30-26-,31-29-,34-32-,35-33-,36-18-,45-42-. The molecule has 0 aliphatic heterocycles. The zero-order valence-corrected chi connectivity index (χ0v) is 39.1. The Morgan fingerprint density at radius 1 is 0.371 bits per heavy atom. The summed E-state index contributed by atoms with van der Waals surface area (Å²) in [5, 5.41) is 0. The van der Waals surface area contributed by atoms with Crippen LogP contribution in [-0.2, 0) is 28.6 Å². The highest BCUT2D eigenvalue weighted by Crippen LogP contribution is 2.11. The van der Waals surface area contributed by atoms with Crippen LogP contribution in [0, 0.1) is 0 Å². The molecule has 0 rings (SSSR count). The monoisotopic (exact) mass is 853 g/mol. The molecule has 0 heterocycles. The third-order valence-corrected chi connectivity index (χ3v) is 9.31. The van der Waals surface area contributed by atoms with Gasteiger partial charge >= 0.3 is 17.9 Å². The number of allylic oxidation sites excluding steroid dienone is 23. The Morgan fingerprint density at radius 2 is 0.758 bits per heavy atom. The third kappa shape index (κ3) is 46.4. The highest BCUT2D eigenvalue weighted by Gasteiger charge is 2.19. The number of carbonyl (C=O) groups is 3. The van der Waals surface area contributed by atoms with Crippen molar-refractivity contribution in [3.8, 4) is 0 Å². The maximum Gasteiger partial charge on any atom is 0.309 e. The molecule has 62 heavy (non-hydrogen) atoms. The van der Waals surface area contributed by atoms with Crippen LogP contribution in [0.5, 0.6) is 0 Å². The third-order valence-electron chi connectivity index (χ3n) is 9.31. The topological polar surface area (TPSA) is 78.9 Å². The molecule has 6 heteroatoms. The van der Waals surface area contributed by atoms with E-state index in [9.17, 15) is 14.4 Å². The van der Waals surface area contributed by atoms with Crippen LogP contribution in [0.1, 0.15) is 168 Å². The maximum absolute atomic E-state index is 12.7. The molecule has 1 unspecified atom stereocenters. The number of carbonyl (C=O) groups excluding carboxylic acids is 3. The normalized spacial score (nSPS) is 13.4. The lowest BCUT2D eigenvalue weighted by molar-refractivity contribution is -0.166. The van der Waals surface area contributed by atoms with E-state index >= 15 is 0 Å². The molecule has 1 atom stereocenters. The van der Waals surface area contributed by atoms with E-state index in [0.29, 0.717) is 12.8 Å². The SMILES string of the molecule is CC\C=C/C=C\C=C/C=C\C=C\C=C/C=C\CCCCCC(=O)OCC(COC(=O)C/C=C\C/C=C\C/C=C\CC)OC(=O)CCCCC/C=C\C=C/CCCCCCCCC. The number of unbranched alkanes of at least 4 members (excludes halogenated alkanes) is 13. The summed E-state index contributed by atoms with van der Waals surface area (Å²) in [4.78, 5) is 37.7. The first-order valence-electron chi connectivity index (χ1n) is 24.0. The highest BCUT2D eigenvalue weighted by atomic mass is 16.6. The second-order valence-corrected chi connectivity index (χ2v) is 15.1. The second-order valence-electron chi connectivity index (χ2n) is 15.1. The van der Waals surface area contributed by atoms with Crippen molar-refractivity contribution in [2.45, 2.75) is 175 Å². The van der Waals surface area contributed by atoms with Gasteiger partial charge in [0.05, 0.1) is 6.42 Å². The van der Waals surface area contributed by atoms with E-state index in [2.05, 4.69) is 81.5 Å². The lowest BCUT2D eigenvalue weighted by atomic mass is 10.1. The predicted molar refractivity (Wildman–Crippen MR) is 265 cm³/mol. The van der Waals surface area contributed by atoms with Crippen molar-refractivity contribution in [1.82, 2.24) is 0 Å². The Hall–Kier alpha value is -4.71. The predicted octanol–water partition coefficient (Wildman–Crippen LogP) is 15.7. The van der Waals surface area contributed by atoms with Gasteiger partial charge in [0.15, 0.2) is 6.10 Å². The van der Waals surface area contributed by atoms with Gasteiger partial charge in [-0.2, -0.15) is 0 Å². The van der Waals surface area contributed by atoms with Gasteiger partial charge in [0.25, 0.3) is 0 Å². The number of hydrogen-bond donors (Lipinski definition) is 0. The molecule has 0 saturated carbocycles. The summed E-state index contributed by atoms with van der Waals surface area (Å²) in [5.41, 5.74) is 0. The van der Waals surface area contributed by atoms with E-state index in [1.54, 1.807) is 6.08 Å². The molecule has 0 aliphatic carbocycles. The minimum atomic E-state index is -0.851. The molecule has 0 radical (unpaired) electrons. The quantitative estimate of drug-likeness (QED) is 0.0201. The van der Waals surface area contributed by atoms with Crippen LogP contribution in [0.15, 0.2) is 146 Å². The van der Waals surface area contributed by atoms with E-state index in [0.717, 1.165) is 70.6 Å². The van der Waals surface area contributed by atoms with Gasteiger partial charge in [-0.1, -0.05) is 218 Å². The van der Waals surface area contributed by atoms with Gasteiger partial charge in [-0.05, 0) is 77.0 Å². The van der Waals surface area contributed by atoms with Crippen molar-refractivity contribution >= 4 is 17.9 Å². The van der Waals surface area contributed by atoms with E-state index in [-0.39, 0.29) is 44.4 Å². The molecule has 0 spiro atoms. The number of rotatable bonds is 40. The summed E-state index contributed by atoms with van der Waals surface area (Å²) in [5.74, 6) is -1.16. The number of esters is 3. The Bertz CT molecular complexity index is 1440. The first-order valence-corrected chi connectivity index (χ1v) is 24.0. The summed E-state index contributed by atoms with van der Waals surface area (Å²) < 4.78 is 16.5. The molecule has 0 bridgehead atoms. The Balaban J connectivity index is 4.59. The van der Waals surface area contributed by atoms with Crippen LogP contribution in [0.2, 0.25) is 0 Å². The van der Waals surface area contributed by atoms with E-state index in [4.69, 9.17) is 14.2 Å². The average molecular weight is 853 g/mol. The van der Waals surface area contributed by atoms with Crippen molar-refractivity contribution < 1.29 is 28.6 Å². The largest absolute Gasteiger partial charge is 0.462 e. The van der Waals surface area contributed by atoms with Crippen molar-refractivity contribution in [3.05, 3.63) is 146 Å². The molecule has 0 N–H and O–H groups in total. The molecule has 0 aliphatic rings. The van der Waals surface area contributed by atoms with Gasteiger partial charge in [-0.15, -0.1) is 0 Å². The molecule has 0 aromatic heterocycles. The van der Waals surface area contributed by atoms with Crippen LogP contribution in [0.4, 0.5) is 0 Å². The average Bonchev–Trinajstić information content (AvgIpc) is 3.27. The van der Waals surface area contributed by atoms with E-state index < -0.39 is 12.1 Å². The molecule has 6 nitrogen and oxygen atoms in total. The zero-order valence-electron chi connectivity index (χ0n) is 39.1. The second kappa shape index (κ2) is 49.0. The first kappa shape index (κ1) is 57.3. The fraction of sp³-hybridized carbons (Fsp3) is 0.518. The van der Waals surface area contributed by atoms with Crippen LogP contribution < -0.4 is 0 Å². The van der Waals surface area contributed by atoms with Gasteiger partial charge < -0.3 is 14.2 Å². The molecule has 0 saturated heterocycles. The van der Waals surface area contributed by atoms with Gasteiger partial charge in [0.2, 0.25) is 0 Å². The zero-order chi connectivity index (χ0) is 45.1. The molecule has 344 valence electrons. The van der Waals surface area contributed by atoms with Crippen LogP contribution in [0.3, 0.4) is 0 Å². The van der Waals surface area contributed by atoms with Crippen molar-refractivity contribution in [1.29, 1.82) is 0 Å². The Labute approximate surface area is 378 Å². The smallest absolute Gasteiger partial charge is 0.309 e. The number of hydrogen-bond acceptors (Lipinski definition) is 6. The fourth-order valence-electron chi connectivity index (χ4n) is 5.77. The van der Waals surface area contributed by atoms with Crippen LogP contribution >= 0.6 is 0 Å². The highest BCUT2D eigenvalue weighted by molar-refractivity contribution is 5.72. The Morgan fingerprint density at radius 3 is 1.27 bits per heavy atom. The lowest BCUT2D eigenvalue weighted by Crippen LogP contribution is -2.30. The van der Waals surface area contributed by atoms with Crippen molar-refractivity contribution in [2.75, 3.05) is 13.2 Å². The summed E-state index contributed by atoms with van der Waals surface area (Å²) in [7, 11) is 0. The molecular weight excluding hydrogens is 769 g/mol. The lowest BCUT2D eigenvalue weighted by Gasteiger charge is -2.18. The first-order chi connectivity index (χ1) is 30.5. The molecule has 0 amide bonds. The number of ether oxygens (including phenoxy) is 3. The summed E-state index contributed by atoms with van der Waals surface area (Å²) in [6, 6.07) is 0. The van der Waals surface area contributed by atoms with Gasteiger partial charge in [-0.25, -0.2) is 0 Å². The summed E-state index contributed by atoms with van der Waals surface area (Å²) in [6.45, 7) is 6.17. The van der Waals surface area contributed by atoms with Gasteiger partial charge in [0.1, 0.15) is 13.2 Å². The van der Waals surface area contributed by atoms with Gasteiger partial charge in [0, 0.05) is 12.8 Å². The fourth-order valence-corrected chi connectivity index (χ4v) is 5.77. The van der Waals surface area contributed by atoms with Crippen LogP contribution in [-0.4, -0.2) is 37.2 Å². The molecule has 0 aromatic carbocycles. The minimum Gasteiger partial charge on any atom is -0.462 e. The van der Waals surface area contributed by atoms with E-state index in [1.807, 2.05) is 79.0 Å². The van der Waals surface area contributed by atoms with Crippen LogP contribution in [0.25, 0.3) is 0 Å². The van der Waals surface area contributed by atoms with Crippen molar-refractivity contribution in [3.63, 3.8) is 0 Å². The molecule has 0 fully saturated rings. The Kier molecular flexibility index (Phi) is 45.2. The molecule has 0 aromatic rings. The minimum absolute atomic E-state index is 0.113.